The molecule has 1 aliphatic heterocycles. The van der Waals surface area contributed by atoms with Gasteiger partial charge in [0.05, 0.1) is 17.4 Å². The summed E-state index contributed by atoms with van der Waals surface area (Å²) >= 11 is 0. The number of fused-ring (bicyclic) bond motifs is 1. The van der Waals surface area contributed by atoms with Crippen molar-refractivity contribution in [2.45, 2.75) is 46.6 Å². The minimum Gasteiger partial charge on any atom is -0.357 e. The van der Waals surface area contributed by atoms with Crippen LogP contribution < -0.4 is 10.2 Å². The second-order valence-corrected chi connectivity index (χ2v) is 9.26. The number of nitrogens with zero attached hydrogens (tertiary/aromatic N) is 1. The largest absolute Gasteiger partial charge is 0.357 e. The number of anilines is 2. The number of carbonyl (C=O) groups excluding carboxylic acids is 2. The van der Waals surface area contributed by atoms with Crippen LogP contribution in [0.15, 0.2) is 59.8 Å². The Kier molecular flexibility index (Phi) is 5.00. The van der Waals surface area contributed by atoms with Gasteiger partial charge in [0.25, 0.3) is 0 Å². The summed E-state index contributed by atoms with van der Waals surface area (Å²) in [5.41, 5.74) is 2.80. The molecule has 2 aromatic carbocycles. The number of ketones is 1. The van der Waals surface area contributed by atoms with Crippen LogP contribution in [0.1, 0.15) is 52.1 Å². The van der Waals surface area contributed by atoms with Gasteiger partial charge in [-0.25, -0.2) is 4.39 Å². The summed E-state index contributed by atoms with van der Waals surface area (Å²) in [5, 5.41) is 3.43. The molecule has 0 aromatic heterocycles. The van der Waals surface area contributed by atoms with Crippen molar-refractivity contribution >= 4 is 23.1 Å². The van der Waals surface area contributed by atoms with Crippen molar-refractivity contribution in [2.24, 2.45) is 11.3 Å². The van der Waals surface area contributed by atoms with Gasteiger partial charge in [0.2, 0.25) is 5.91 Å². The van der Waals surface area contributed by atoms with Crippen molar-refractivity contribution < 1.29 is 14.0 Å². The van der Waals surface area contributed by atoms with E-state index in [0.29, 0.717) is 29.7 Å². The molecule has 5 heteroatoms. The highest BCUT2D eigenvalue weighted by atomic mass is 19.1. The van der Waals surface area contributed by atoms with Crippen LogP contribution in [0.2, 0.25) is 0 Å². The fourth-order valence-electron chi connectivity index (χ4n) is 4.50. The maximum Gasteiger partial charge on any atom is 0.230 e. The number of amides is 1. The summed E-state index contributed by atoms with van der Waals surface area (Å²) in [4.78, 5) is 28.5. The van der Waals surface area contributed by atoms with E-state index in [1.54, 1.807) is 23.1 Å². The summed E-state index contributed by atoms with van der Waals surface area (Å²) in [5.74, 6) is -0.933. The minimum absolute atomic E-state index is 0.0450. The number of hydrogen-bond donors (Lipinski definition) is 1. The number of nitrogens with one attached hydrogen (secondary N) is 1. The Bertz CT molecular complexity index is 1050. The van der Waals surface area contributed by atoms with Crippen molar-refractivity contribution in [2.75, 3.05) is 10.2 Å². The van der Waals surface area contributed by atoms with Crippen molar-refractivity contribution in [3.8, 4) is 0 Å². The molecule has 1 amide bonds. The first-order valence-electron chi connectivity index (χ1n) is 10.4. The summed E-state index contributed by atoms with van der Waals surface area (Å²) < 4.78 is 15.1. The number of halogens is 1. The lowest BCUT2D eigenvalue weighted by Crippen LogP contribution is -2.41. The fourth-order valence-corrected chi connectivity index (χ4v) is 4.50. The standard InChI is InChI=1S/C25H27FN2O2/c1-15(2)24(30)28-20-12-8-7-11-18(20)27-19-13-25(3,4)14-21(29)22(19)23(28)16-9-5-6-10-17(16)26/h5-12,15,23,27H,13-14H2,1-4H3/t23-/m1/s1. The second-order valence-electron chi connectivity index (χ2n) is 9.26. The molecular weight excluding hydrogens is 379 g/mol. The highest BCUT2D eigenvalue weighted by Crippen LogP contribution is 2.48. The molecule has 2 aromatic rings. The van der Waals surface area contributed by atoms with Crippen LogP contribution in [-0.4, -0.2) is 11.7 Å². The summed E-state index contributed by atoms with van der Waals surface area (Å²) in [6.07, 6.45) is 1.01. The SMILES string of the molecule is CC(C)C(=O)N1c2ccccc2NC2=C(C(=O)CC(C)(C)C2)[C@H]1c1ccccc1F. The van der Waals surface area contributed by atoms with Gasteiger partial charge in [0.15, 0.2) is 5.78 Å². The normalized spacial score (nSPS) is 20.4. The lowest BCUT2D eigenvalue weighted by atomic mass is 9.73. The van der Waals surface area contributed by atoms with Crippen LogP contribution in [-0.2, 0) is 9.59 Å². The second kappa shape index (κ2) is 7.38. The van der Waals surface area contributed by atoms with E-state index in [1.165, 1.54) is 6.07 Å². The third-order valence-electron chi connectivity index (χ3n) is 5.83. The van der Waals surface area contributed by atoms with Crippen LogP contribution in [0.25, 0.3) is 0 Å². The molecule has 1 heterocycles. The lowest BCUT2D eigenvalue weighted by Gasteiger charge is -2.37. The van der Waals surface area contributed by atoms with Gasteiger partial charge in [-0.3, -0.25) is 14.5 Å². The fraction of sp³-hybridized carbons (Fsp3) is 0.360. The number of rotatable bonds is 2. The molecule has 0 saturated heterocycles. The summed E-state index contributed by atoms with van der Waals surface area (Å²) in [6, 6.07) is 13.1. The van der Waals surface area contributed by atoms with Crippen LogP contribution >= 0.6 is 0 Å². The first-order valence-corrected chi connectivity index (χ1v) is 10.4. The first kappa shape index (κ1) is 20.3. The van der Waals surface area contributed by atoms with Crippen molar-refractivity contribution in [1.29, 1.82) is 0 Å². The predicted molar refractivity (Wildman–Crippen MR) is 117 cm³/mol. The van der Waals surface area contributed by atoms with Gasteiger partial charge in [-0.05, 0) is 30.0 Å². The van der Waals surface area contributed by atoms with Crippen LogP contribution in [0.5, 0.6) is 0 Å². The van der Waals surface area contributed by atoms with Crippen LogP contribution in [0, 0.1) is 17.2 Å². The Labute approximate surface area is 176 Å². The van der Waals surface area contributed by atoms with E-state index >= 15 is 4.39 Å². The van der Waals surface area contributed by atoms with E-state index in [1.807, 2.05) is 38.1 Å². The quantitative estimate of drug-likeness (QED) is 0.704. The third kappa shape index (κ3) is 3.42. The summed E-state index contributed by atoms with van der Waals surface area (Å²) in [7, 11) is 0. The molecule has 2 aliphatic rings. The average molecular weight is 407 g/mol. The van der Waals surface area contributed by atoms with E-state index in [2.05, 4.69) is 19.2 Å². The Morgan fingerprint density at radius 3 is 2.47 bits per heavy atom. The monoisotopic (exact) mass is 406 g/mol. The van der Waals surface area contributed by atoms with Crippen molar-refractivity contribution in [3.05, 3.63) is 71.2 Å². The van der Waals surface area contributed by atoms with Gasteiger partial charge in [0, 0.05) is 29.2 Å². The number of benzene rings is 2. The van der Waals surface area contributed by atoms with Gasteiger partial charge in [0.1, 0.15) is 5.82 Å². The van der Waals surface area contributed by atoms with Crippen LogP contribution in [0.3, 0.4) is 0 Å². The van der Waals surface area contributed by atoms with E-state index in [4.69, 9.17) is 0 Å². The van der Waals surface area contributed by atoms with E-state index in [-0.39, 0.29) is 23.0 Å². The third-order valence-corrected chi connectivity index (χ3v) is 5.83. The molecule has 156 valence electrons. The number of hydrogen-bond acceptors (Lipinski definition) is 3. The molecule has 0 fully saturated rings. The molecular formula is C25H27FN2O2. The first-order chi connectivity index (χ1) is 14.2. The molecule has 0 spiro atoms. The molecule has 0 saturated carbocycles. The smallest absolute Gasteiger partial charge is 0.230 e. The number of para-hydroxylation sites is 2. The van der Waals surface area contributed by atoms with Crippen molar-refractivity contribution in [1.82, 2.24) is 0 Å². The molecule has 4 nitrogen and oxygen atoms in total. The predicted octanol–water partition coefficient (Wildman–Crippen LogP) is 5.62. The Morgan fingerprint density at radius 1 is 1.10 bits per heavy atom. The van der Waals surface area contributed by atoms with Gasteiger partial charge in [-0.2, -0.15) is 0 Å². The molecule has 1 atom stereocenters. The number of Topliss-reactive ketones (excluding diaryl/α,β-unsaturated/α-hetero) is 1. The topological polar surface area (TPSA) is 49.4 Å². The number of carbonyl (C=O) groups is 2. The molecule has 1 N–H and O–H groups in total. The van der Waals surface area contributed by atoms with Gasteiger partial charge >= 0.3 is 0 Å². The Balaban J connectivity index is 2.05. The Morgan fingerprint density at radius 2 is 1.77 bits per heavy atom. The van der Waals surface area contributed by atoms with Gasteiger partial charge in [-0.1, -0.05) is 58.0 Å². The molecule has 4 rings (SSSR count). The maximum atomic E-state index is 15.1. The molecule has 0 unspecified atom stereocenters. The maximum absolute atomic E-state index is 15.1. The van der Waals surface area contributed by atoms with Gasteiger partial charge < -0.3 is 5.32 Å². The van der Waals surface area contributed by atoms with E-state index in [9.17, 15) is 9.59 Å². The minimum atomic E-state index is -0.809. The average Bonchev–Trinajstić information content (AvgIpc) is 2.80. The molecule has 0 radical (unpaired) electrons. The van der Waals surface area contributed by atoms with E-state index in [0.717, 1.165) is 11.4 Å². The van der Waals surface area contributed by atoms with Crippen LogP contribution in [0.4, 0.5) is 15.8 Å². The molecule has 30 heavy (non-hydrogen) atoms. The zero-order valence-electron chi connectivity index (χ0n) is 17.8. The van der Waals surface area contributed by atoms with Crippen molar-refractivity contribution in [3.63, 3.8) is 0 Å². The van der Waals surface area contributed by atoms with Gasteiger partial charge in [-0.15, -0.1) is 0 Å². The lowest BCUT2D eigenvalue weighted by molar-refractivity contribution is -0.122. The zero-order chi connectivity index (χ0) is 21.6. The van der Waals surface area contributed by atoms with E-state index < -0.39 is 11.9 Å². The summed E-state index contributed by atoms with van der Waals surface area (Å²) in [6.45, 7) is 7.76. The number of allylic oxidation sites excluding steroid dienone is 1. The molecule has 0 bridgehead atoms. The Hall–Kier alpha value is -2.95. The molecule has 1 aliphatic carbocycles. The highest BCUT2D eigenvalue weighted by molar-refractivity contribution is 6.06. The zero-order valence-corrected chi connectivity index (χ0v) is 17.8. The highest BCUT2D eigenvalue weighted by Gasteiger charge is 2.44.